The van der Waals surface area contributed by atoms with Crippen molar-refractivity contribution < 1.29 is 0 Å². The molecule has 1 aliphatic carbocycles. The van der Waals surface area contributed by atoms with E-state index in [2.05, 4.69) is 36.3 Å². The van der Waals surface area contributed by atoms with Crippen LogP contribution in [-0.4, -0.2) is 27.9 Å². The van der Waals surface area contributed by atoms with Crippen molar-refractivity contribution in [1.29, 1.82) is 0 Å². The molecule has 3 atom stereocenters. The first-order chi connectivity index (χ1) is 8.78. The SMILES string of the molecule is CCC1CCC(C(Cc2ncnn2CC)NC)C1. The van der Waals surface area contributed by atoms with E-state index in [1.165, 1.54) is 25.7 Å². The highest BCUT2D eigenvalue weighted by Crippen LogP contribution is 2.35. The molecule has 1 aromatic heterocycles. The molecule has 2 rings (SSSR count). The number of rotatable bonds is 6. The predicted molar refractivity (Wildman–Crippen MR) is 73.4 cm³/mol. The smallest absolute Gasteiger partial charge is 0.138 e. The Kier molecular flexibility index (Phi) is 4.75. The highest BCUT2D eigenvalue weighted by molar-refractivity contribution is 4.94. The molecular weight excluding hydrogens is 224 g/mol. The van der Waals surface area contributed by atoms with Gasteiger partial charge in [0.1, 0.15) is 12.2 Å². The van der Waals surface area contributed by atoms with Gasteiger partial charge in [-0.25, -0.2) is 4.98 Å². The summed E-state index contributed by atoms with van der Waals surface area (Å²) in [5.41, 5.74) is 0. The molecular formula is C14H26N4. The first kappa shape index (κ1) is 13.5. The Morgan fingerprint density at radius 2 is 2.28 bits per heavy atom. The van der Waals surface area contributed by atoms with E-state index in [0.29, 0.717) is 6.04 Å². The summed E-state index contributed by atoms with van der Waals surface area (Å²) in [4.78, 5) is 4.40. The van der Waals surface area contributed by atoms with Crippen LogP contribution in [-0.2, 0) is 13.0 Å². The summed E-state index contributed by atoms with van der Waals surface area (Å²) >= 11 is 0. The number of aryl methyl sites for hydroxylation is 1. The first-order valence-electron chi connectivity index (χ1n) is 7.32. The number of hydrogen-bond acceptors (Lipinski definition) is 3. The van der Waals surface area contributed by atoms with Crippen LogP contribution in [0.15, 0.2) is 6.33 Å². The second-order valence-corrected chi connectivity index (χ2v) is 5.44. The molecule has 0 spiro atoms. The van der Waals surface area contributed by atoms with Crippen molar-refractivity contribution in [2.24, 2.45) is 11.8 Å². The molecule has 18 heavy (non-hydrogen) atoms. The Morgan fingerprint density at radius 3 is 2.89 bits per heavy atom. The second-order valence-electron chi connectivity index (χ2n) is 5.44. The molecule has 3 unspecified atom stereocenters. The first-order valence-corrected chi connectivity index (χ1v) is 7.32. The van der Waals surface area contributed by atoms with E-state index in [9.17, 15) is 0 Å². The summed E-state index contributed by atoms with van der Waals surface area (Å²) in [6, 6.07) is 0.552. The van der Waals surface area contributed by atoms with E-state index in [1.807, 2.05) is 4.68 Å². The highest BCUT2D eigenvalue weighted by Gasteiger charge is 2.30. The summed E-state index contributed by atoms with van der Waals surface area (Å²) in [6.45, 7) is 5.35. The van der Waals surface area contributed by atoms with Crippen LogP contribution in [0.4, 0.5) is 0 Å². The topological polar surface area (TPSA) is 42.7 Å². The van der Waals surface area contributed by atoms with Crippen molar-refractivity contribution >= 4 is 0 Å². The Morgan fingerprint density at radius 1 is 1.44 bits per heavy atom. The minimum Gasteiger partial charge on any atom is -0.316 e. The lowest BCUT2D eigenvalue weighted by Crippen LogP contribution is -2.35. The average Bonchev–Trinajstić information content (AvgIpc) is 3.04. The normalized spacial score (nSPS) is 25.5. The van der Waals surface area contributed by atoms with Gasteiger partial charge >= 0.3 is 0 Å². The minimum absolute atomic E-state index is 0.552. The molecule has 1 N–H and O–H groups in total. The summed E-state index contributed by atoms with van der Waals surface area (Å²) in [6.07, 6.45) is 8.16. The molecule has 0 saturated heterocycles. The van der Waals surface area contributed by atoms with Crippen LogP contribution in [0.5, 0.6) is 0 Å². The van der Waals surface area contributed by atoms with Gasteiger partial charge in [0.25, 0.3) is 0 Å². The van der Waals surface area contributed by atoms with Crippen LogP contribution in [0.2, 0.25) is 0 Å². The fourth-order valence-corrected chi connectivity index (χ4v) is 3.26. The molecule has 1 aromatic rings. The van der Waals surface area contributed by atoms with E-state index in [0.717, 1.165) is 30.6 Å². The van der Waals surface area contributed by atoms with Crippen molar-refractivity contribution in [1.82, 2.24) is 20.1 Å². The van der Waals surface area contributed by atoms with E-state index >= 15 is 0 Å². The molecule has 1 saturated carbocycles. The van der Waals surface area contributed by atoms with E-state index in [4.69, 9.17) is 0 Å². The largest absolute Gasteiger partial charge is 0.316 e. The Hall–Kier alpha value is -0.900. The van der Waals surface area contributed by atoms with Crippen molar-refractivity contribution in [2.75, 3.05) is 7.05 Å². The molecule has 1 aliphatic rings. The summed E-state index contributed by atoms with van der Waals surface area (Å²) in [5.74, 6) is 2.87. The maximum absolute atomic E-state index is 4.40. The molecule has 4 nitrogen and oxygen atoms in total. The summed E-state index contributed by atoms with van der Waals surface area (Å²) < 4.78 is 2.01. The maximum atomic E-state index is 4.40. The van der Waals surface area contributed by atoms with Crippen molar-refractivity contribution in [3.05, 3.63) is 12.2 Å². The van der Waals surface area contributed by atoms with Gasteiger partial charge in [0.05, 0.1) is 0 Å². The zero-order valence-electron chi connectivity index (χ0n) is 11.9. The molecule has 0 aromatic carbocycles. The zero-order chi connectivity index (χ0) is 13.0. The highest BCUT2D eigenvalue weighted by atomic mass is 15.3. The standard InChI is InChI=1S/C14H26N4/c1-4-11-6-7-12(8-11)13(15-3)9-14-16-10-17-18(14)5-2/h10-13,15H,4-9H2,1-3H3. The van der Waals surface area contributed by atoms with Crippen LogP contribution >= 0.6 is 0 Å². The van der Waals surface area contributed by atoms with Gasteiger partial charge in [0.15, 0.2) is 0 Å². The number of likely N-dealkylation sites (N-methyl/N-ethyl adjacent to an activating group) is 1. The number of nitrogens with one attached hydrogen (secondary N) is 1. The minimum atomic E-state index is 0.552. The van der Waals surface area contributed by atoms with Gasteiger partial charge in [0, 0.05) is 19.0 Å². The number of hydrogen-bond donors (Lipinski definition) is 1. The number of aromatic nitrogens is 3. The van der Waals surface area contributed by atoms with E-state index < -0.39 is 0 Å². The third-order valence-corrected chi connectivity index (χ3v) is 4.50. The predicted octanol–water partition coefficient (Wildman–Crippen LogP) is 2.25. The monoisotopic (exact) mass is 250 g/mol. The van der Waals surface area contributed by atoms with Gasteiger partial charge in [-0.1, -0.05) is 19.8 Å². The van der Waals surface area contributed by atoms with Gasteiger partial charge < -0.3 is 5.32 Å². The molecule has 0 aliphatic heterocycles. The van der Waals surface area contributed by atoms with Crippen LogP contribution in [0.3, 0.4) is 0 Å². The fourth-order valence-electron chi connectivity index (χ4n) is 3.26. The lowest BCUT2D eigenvalue weighted by atomic mass is 9.93. The maximum Gasteiger partial charge on any atom is 0.138 e. The Labute approximate surface area is 110 Å². The van der Waals surface area contributed by atoms with Crippen LogP contribution in [0.1, 0.15) is 45.4 Å². The fraction of sp³-hybridized carbons (Fsp3) is 0.857. The van der Waals surface area contributed by atoms with Gasteiger partial charge in [0.2, 0.25) is 0 Å². The van der Waals surface area contributed by atoms with Crippen molar-refractivity contribution in [3.8, 4) is 0 Å². The van der Waals surface area contributed by atoms with Gasteiger partial charge in [-0.05, 0) is 38.6 Å². The lowest BCUT2D eigenvalue weighted by Gasteiger charge is -2.23. The Bertz CT molecular complexity index is 360. The van der Waals surface area contributed by atoms with Gasteiger partial charge in [-0.2, -0.15) is 5.10 Å². The van der Waals surface area contributed by atoms with E-state index in [-0.39, 0.29) is 0 Å². The van der Waals surface area contributed by atoms with Crippen molar-refractivity contribution in [3.63, 3.8) is 0 Å². The number of nitrogens with zero attached hydrogens (tertiary/aromatic N) is 3. The Balaban J connectivity index is 1.97. The van der Waals surface area contributed by atoms with Crippen LogP contribution in [0, 0.1) is 11.8 Å². The van der Waals surface area contributed by atoms with E-state index in [1.54, 1.807) is 6.33 Å². The third kappa shape index (κ3) is 2.91. The van der Waals surface area contributed by atoms with Gasteiger partial charge in [-0.3, -0.25) is 4.68 Å². The molecule has 0 bridgehead atoms. The molecule has 0 amide bonds. The summed E-state index contributed by atoms with van der Waals surface area (Å²) in [5, 5.41) is 7.75. The zero-order valence-corrected chi connectivity index (χ0v) is 11.9. The molecule has 1 heterocycles. The van der Waals surface area contributed by atoms with Crippen LogP contribution < -0.4 is 5.32 Å². The molecule has 0 radical (unpaired) electrons. The quantitative estimate of drug-likeness (QED) is 0.842. The average molecular weight is 250 g/mol. The molecule has 102 valence electrons. The summed E-state index contributed by atoms with van der Waals surface area (Å²) in [7, 11) is 2.08. The molecule has 1 fully saturated rings. The molecule has 4 heteroatoms. The third-order valence-electron chi connectivity index (χ3n) is 4.50. The second kappa shape index (κ2) is 6.32. The van der Waals surface area contributed by atoms with Crippen molar-refractivity contribution in [2.45, 2.75) is 58.5 Å². The lowest BCUT2D eigenvalue weighted by molar-refractivity contribution is 0.352. The van der Waals surface area contributed by atoms with Gasteiger partial charge in [-0.15, -0.1) is 0 Å². The van der Waals surface area contributed by atoms with Crippen LogP contribution in [0.25, 0.3) is 0 Å².